The number of carbonyl (C=O) groups is 1. The number of amides is 1. The fourth-order valence-electron chi connectivity index (χ4n) is 4.18. The van der Waals surface area contributed by atoms with Crippen LogP contribution in [0.5, 0.6) is 0 Å². The van der Waals surface area contributed by atoms with Crippen LogP contribution in [0, 0.1) is 0 Å². The summed E-state index contributed by atoms with van der Waals surface area (Å²) < 4.78 is 0. The zero-order valence-electron chi connectivity index (χ0n) is 17.0. The maximum absolute atomic E-state index is 13.5. The molecule has 0 aromatic heterocycles. The van der Waals surface area contributed by atoms with Crippen molar-refractivity contribution in [3.63, 3.8) is 0 Å². The van der Waals surface area contributed by atoms with E-state index in [4.69, 9.17) is 0 Å². The molecule has 0 fully saturated rings. The Morgan fingerprint density at radius 2 is 1.41 bits per heavy atom. The van der Waals surface area contributed by atoms with Crippen LogP contribution in [0.2, 0.25) is 0 Å². The predicted molar refractivity (Wildman–Crippen MR) is 117 cm³/mol. The van der Waals surface area contributed by atoms with Crippen molar-refractivity contribution in [3.8, 4) is 0 Å². The average molecular weight is 385 g/mol. The predicted octanol–water partition coefficient (Wildman–Crippen LogP) is 4.83. The topological polar surface area (TPSA) is 23.6 Å². The second kappa shape index (κ2) is 9.06. The molecule has 1 aliphatic rings. The van der Waals surface area contributed by atoms with E-state index in [0.717, 1.165) is 24.1 Å². The highest BCUT2D eigenvalue weighted by molar-refractivity contribution is 5.77. The molecule has 0 bridgehead atoms. The second-order valence-corrected chi connectivity index (χ2v) is 7.87. The van der Waals surface area contributed by atoms with Gasteiger partial charge in [0.2, 0.25) is 5.91 Å². The molecule has 3 aromatic carbocycles. The van der Waals surface area contributed by atoms with Gasteiger partial charge in [-0.15, -0.1) is 0 Å². The molecular weight excluding hydrogens is 356 g/mol. The Labute approximate surface area is 173 Å². The lowest BCUT2D eigenvalue weighted by Crippen LogP contribution is -2.37. The quantitative estimate of drug-likeness (QED) is 0.607. The number of rotatable bonds is 6. The summed E-state index contributed by atoms with van der Waals surface area (Å²) in [5.74, 6) is 0.200. The van der Waals surface area contributed by atoms with E-state index in [1.54, 1.807) is 0 Å². The summed E-state index contributed by atoms with van der Waals surface area (Å²) in [7, 11) is 2.13. The smallest absolute Gasteiger partial charge is 0.225 e. The van der Waals surface area contributed by atoms with Gasteiger partial charge in [0.15, 0.2) is 0 Å². The third-order valence-electron chi connectivity index (χ3n) is 5.83. The summed E-state index contributed by atoms with van der Waals surface area (Å²) in [5, 5.41) is 0. The highest BCUT2D eigenvalue weighted by atomic mass is 16.2. The van der Waals surface area contributed by atoms with Crippen LogP contribution in [0.1, 0.15) is 34.7 Å². The number of nitrogens with zero attached hydrogens (tertiary/aromatic N) is 2. The first-order chi connectivity index (χ1) is 14.2. The van der Waals surface area contributed by atoms with Crippen LogP contribution in [0.4, 0.5) is 0 Å². The van der Waals surface area contributed by atoms with Gasteiger partial charge in [-0.3, -0.25) is 9.69 Å². The molecule has 0 saturated heterocycles. The summed E-state index contributed by atoms with van der Waals surface area (Å²) in [5.41, 5.74) is 5.00. The Bertz CT molecular complexity index is 898. The maximum Gasteiger partial charge on any atom is 0.225 e. The van der Waals surface area contributed by atoms with Crippen molar-refractivity contribution in [1.29, 1.82) is 0 Å². The van der Waals surface area contributed by atoms with E-state index in [0.29, 0.717) is 19.5 Å². The highest BCUT2D eigenvalue weighted by Gasteiger charge is 2.28. The van der Waals surface area contributed by atoms with Crippen molar-refractivity contribution in [3.05, 3.63) is 107 Å². The van der Waals surface area contributed by atoms with Gasteiger partial charge in [-0.05, 0) is 35.7 Å². The zero-order chi connectivity index (χ0) is 20.1. The highest BCUT2D eigenvalue weighted by Crippen LogP contribution is 2.31. The summed E-state index contributed by atoms with van der Waals surface area (Å²) >= 11 is 0. The second-order valence-electron chi connectivity index (χ2n) is 7.87. The number of hydrogen-bond donors (Lipinski definition) is 0. The number of hydrogen-bond acceptors (Lipinski definition) is 2. The van der Waals surface area contributed by atoms with E-state index in [1.165, 1.54) is 11.1 Å². The van der Waals surface area contributed by atoms with Crippen molar-refractivity contribution in [2.24, 2.45) is 0 Å². The molecule has 3 nitrogen and oxygen atoms in total. The van der Waals surface area contributed by atoms with E-state index in [-0.39, 0.29) is 11.9 Å². The first-order valence-corrected chi connectivity index (χ1v) is 10.3. The van der Waals surface area contributed by atoms with Gasteiger partial charge in [-0.2, -0.15) is 0 Å². The fourth-order valence-corrected chi connectivity index (χ4v) is 4.18. The van der Waals surface area contributed by atoms with E-state index in [2.05, 4.69) is 60.5 Å². The molecule has 3 heteroatoms. The standard InChI is InChI=1S/C26H28N2O/c1-27-17-16-23-14-8-9-15-24(23)25(27)18-26(29)28(19-21-10-4-2-5-11-21)20-22-12-6-3-7-13-22/h2-15,25H,16-20H2,1H3. The Balaban J connectivity index is 1.56. The largest absolute Gasteiger partial charge is 0.334 e. The van der Waals surface area contributed by atoms with E-state index >= 15 is 0 Å². The molecule has 4 rings (SSSR count). The summed E-state index contributed by atoms with van der Waals surface area (Å²) in [6, 6.07) is 29.2. The molecule has 0 saturated carbocycles. The molecule has 29 heavy (non-hydrogen) atoms. The maximum atomic E-state index is 13.5. The fraction of sp³-hybridized carbons (Fsp3) is 0.269. The minimum atomic E-state index is 0.140. The van der Waals surface area contributed by atoms with Crippen LogP contribution < -0.4 is 0 Å². The van der Waals surface area contributed by atoms with Crippen molar-refractivity contribution in [1.82, 2.24) is 9.80 Å². The lowest BCUT2D eigenvalue weighted by molar-refractivity contribution is -0.133. The van der Waals surface area contributed by atoms with Gasteiger partial charge in [0, 0.05) is 32.1 Å². The first-order valence-electron chi connectivity index (χ1n) is 10.3. The van der Waals surface area contributed by atoms with E-state index < -0.39 is 0 Å². The Kier molecular flexibility index (Phi) is 6.06. The molecule has 1 unspecified atom stereocenters. The molecule has 0 aliphatic carbocycles. The summed E-state index contributed by atoms with van der Waals surface area (Å²) in [4.78, 5) is 17.8. The van der Waals surface area contributed by atoms with Crippen LogP contribution in [0.25, 0.3) is 0 Å². The molecule has 1 amide bonds. The van der Waals surface area contributed by atoms with E-state index in [9.17, 15) is 4.79 Å². The van der Waals surface area contributed by atoms with Gasteiger partial charge in [0.25, 0.3) is 0 Å². The number of fused-ring (bicyclic) bond motifs is 1. The van der Waals surface area contributed by atoms with Crippen LogP contribution in [0.3, 0.4) is 0 Å². The van der Waals surface area contributed by atoms with Gasteiger partial charge in [0.05, 0.1) is 0 Å². The Morgan fingerprint density at radius 1 is 0.862 bits per heavy atom. The molecule has 0 radical (unpaired) electrons. The molecule has 0 N–H and O–H groups in total. The molecule has 148 valence electrons. The summed E-state index contributed by atoms with van der Waals surface area (Å²) in [6.07, 6.45) is 1.56. The van der Waals surface area contributed by atoms with Gasteiger partial charge in [-0.1, -0.05) is 84.9 Å². The molecule has 1 atom stereocenters. The normalized spacial score (nSPS) is 16.2. The molecule has 0 spiro atoms. The minimum absolute atomic E-state index is 0.140. The minimum Gasteiger partial charge on any atom is -0.334 e. The number of benzene rings is 3. The SMILES string of the molecule is CN1CCc2ccccc2C1CC(=O)N(Cc1ccccc1)Cc1ccccc1. The van der Waals surface area contributed by atoms with Crippen LogP contribution in [0.15, 0.2) is 84.9 Å². The number of carbonyl (C=O) groups excluding carboxylic acids is 1. The molecule has 3 aromatic rings. The molecule has 1 heterocycles. The average Bonchev–Trinajstić information content (AvgIpc) is 2.76. The Morgan fingerprint density at radius 3 is 2.03 bits per heavy atom. The molecule has 1 aliphatic heterocycles. The first kappa shape index (κ1) is 19.4. The lowest BCUT2D eigenvalue weighted by Gasteiger charge is -2.35. The van der Waals surface area contributed by atoms with Crippen molar-refractivity contribution in [2.45, 2.75) is 32.0 Å². The van der Waals surface area contributed by atoms with Gasteiger partial charge in [-0.25, -0.2) is 0 Å². The van der Waals surface area contributed by atoms with Crippen LogP contribution >= 0.6 is 0 Å². The summed E-state index contributed by atoms with van der Waals surface area (Å²) in [6.45, 7) is 2.26. The van der Waals surface area contributed by atoms with Gasteiger partial charge < -0.3 is 4.90 Å². The third kappa shape index (κ3) is 4.75. The van der Waals surface area contributed by atoms with Crippen molar-refractivity contribution >= 4 is 5.91 Å². The van der Waals surface area contributed by atoms with Crippen molar-refractivity contribution in [2.75, 3.05) is 13.6 Å². The number of likely N-dealkylation sites (N-methyl/N-ethyl adjacent to an activating group) is 1. The Hall–Kier alpha value is -2.91. The lowest BCUT2D eigenvalue weighted by atomic mass is 9.91. The van der Waals surface area contributed by atoms with Crippen LogP contribution in [-0.2, 0) is 24.3 Å². The van der Waals surface area contributed by atoms with Gasteiger partial charge >= 0.3 is 0 Å². The van der Waals surface area contributed by atoms with Crippen LogP contribution in [-0.4, -0.2) is 29.3 Å². The third-order valence-corrected chi connectivity index (χ3v) is 5.83. The molecular formula is C26H28N2O. The van der Waals surface area contributed by atoms with E-state index in [1.807, 2.05) is 41.3 Å². The zero-order valence-corrected chi connectivity index (χ0v) is 17.0. The monoisotopic (exact) mass is 384 g/mol. The van der Waals surface area contributed by atoms with Gasteiger partial charge in [0.1, 0.15) is 0 Å². The van der Waals surface area contributed by atoms with Crippen molar-refractivity contribution < 1.29 is 4.79 Å².